The van der Waals surface area contributed by atoms with Gasteiger partial charge in [0, 0.05) is 11.8 Å². The number of benzene rings is 2. The normalized spacial score (nSPS) is 13.8. The van der Waals surface area contributed by atoms with Gasteiger partial charge in [0.25, 0.3) is 0 Å². The third kappa shape index (κ3) is 2.96. The molecule has 4 heteroatoms. The van der Waals surface area contributed by atoms with Crippen molar-refractivity contribution in [2.45, 2.75) is 17.1 Å². The molecule has 0 aromatic heterocycles. The Morgan fingerprint density at radius 2 is 1.84 bits per heavy atom. The van der Waals surface area contributed by atoms with Gasteiger partial charge < -0.3 is 10.5 Å². The molecule has 2 aromatic carbocycles. The first-order valence-electron chi connectivity index (χ1n) is 6.02. The van der Waals surface area contributed by atoms with Crippen LogP contribution in [-0.2, 0) is 10.8 Å². The minimum Gasteiger partial charge on any atom is -0.495 e. The molecule has 2 rings (SSSR count). The Morgan fingerprint density at radius 1 is 1.16 bits per heavy atom. The summed E-state index contributed by atoms with van der Waals surface area (Å²) in [5.41, 5.74) is 7.35. The molecule has 2 unspecified atom stereocenters. The van der Waals surface area contributed by atoms with Crippen molar-refractivity contribution in [3.05, 3.63) is 54.1 Å². The van der Waals surface area contributed by atoms with Crippen LogP contribution in [0.25, 0.3) is 0 Å². The zero-order valence-electron chi connectivity index (χ0n) is 11.0. The van der Waals surface area contributed by atoms with Crippen molar-refractivity contribution in [1.29, 1.82) is 0 Å². The number of nitrogen functional groups attached to an aromatic ring is 1. The molecule has 3 nitrogen and oxygen atoms in total. The summed E-state index contributed by atoms with van der Waals surface area (Å²) >= 11 is 0. The molecule has 2 atom stereocenters. The van der Waals surface area contributed by atoms with E-state index in [1.165, 1.54) is 0 Å². The summed E-state index contributed by atoms with van der Waals surface area (Å²) in [6, 6.07) is 15.0. The van der Waals surface area contributed by atoms with E-state index in [4.69, 9.17) is 10.5 Å². The molecule has 0 spiro atoms. The van der Waals surface area contributed by atoms with E-state index in [-0.39, 0.29) is 5.25 Å². The minimum absolute atomic E-state index is 0.0984. The Hall–Kier alpha value is -1.81. The number of methoxy groups -OCH3 is 1. The molecular formula is C15H17NO2S. The van der Waals surface area contributed by atoms with Gasteiger partial charge in [-0.15, -0.1) is 0 Å². The van der Waals surface area contributed by atoms with Gasteiger partial charge in [-0.1, -0.05) is 30.3 Å². The van der Waals surface area contributed by atoms with Crippen molar-refractivity contribution in [1.82, 2.24) is 0 Å². The van der Waals surface area contributed by atoms with Crippen molar-refractivity contribution in [3.8, 4) is 5.75 Å². The fraction of sp³-hybridized carbons (Fsp3) is 0.200. The van der Waals surface area contributed by atoms with Gasteiger partial charge in [-0.05, 0) is 24.6 Å². The highest BCUT2D eigenvalue weighted by Crippen LogP contribution is 2.31. The molecule has 0 aliphatic heterocycles. The number of rotatable bonds is 4. The van der Waals surface area contributed by atoms with E-state index in [0.29, 0.717) is 16.3 Å². The van der Waals surface area contributed by atoms with E-state index in [0.717, 1.165) is 5.56 Å². The predicted molar refractivity (Wildman–Crippen MR) is 78.7 cm³/mol. The Bertz CT molecular complexity index is 584. The summed E-state index contributed by atoms with van der Waals surface area (Å²) in [5, 5.41) is -0.0984. The van der Waals surface area contributed by atoms with Crippen molar-refractivity contribution in [2.75, 3.05) is 12.8 Å². The third-order valence-corrected chi connectivity index (χ3v) is 4.68. The van der Waals surface area contributed by atoms with E-state index in [9.17, 15) is 4.21 Å². The van der Waals surface area contributed by atoms with E-state index >= 15 is 0 Å². The molecule has 0 bridgehead atoms. The van der Waals surface area contributed by atoms with Gasteiger partial charge in [0.1, 0.15) is 5.75 Å². The smallest absolute Gasteiger partial charge is 0.137 e. The van der Waals surface area contributed by atoms with Crippen LogP contribution >= 0.6 is 0 Å². The van der Waals surface area contributed by atoms with Crippen molar-refractivity contribution in [2.24, 2.45) is 0 Å². The highest BCUT2D eigenvalue weighted by molar-refractivity contribution is 7.85. The fourth-order valence-electron chi connectivity index (χ4n) is 1.89. The molecule has 0 radical (unpaired) electrons. The second-order valence-corrected chi connectivity index (χ2v) is 6.00. The highest BCUT2D eigenvalue weighted by atomic mass is 32.2. The van der Waals surface area contributed by atoms with Crippen molar-refractivity contribution in [3.63, 3.8) is 0 Å². The van der Waals surface area contributed by atoms with Gasteiger partial charge >= 0.3 is 0 Å². The average Bonchev–Trinajstić information content (AvgIpc) is 2.46. The van der Waals surface area contributed by atoms with Gasteiger partial charge in [0.15, 0.2) is 0 Å². The van der Waals surface area contributed by atoms with Crippen LogP contribution in [0.3, 0.4) is 0 Å². The zero-order chi connectivity index (χ0) is 13.8. The zero-order valence-corrected chi connectivity index (χ0v) is 11.8. The molecule has 19 heavy (non-hydrogen) atoms. The average molecular weight is 275 g/mol. The minimum atomic E-state index is -1.18. The lowest BCUT2D eigenvalue weighted by Crippen LogP contribution is -2.05. The Labute approximate surface area is 115 Å². The summed E-state index contributed by atoms with van der Waals surface area (Å²) in [6.45, 7) is 1.95. The first-order valence-corrected chi connectivity index (χ1v) is 7.24. The van der Waals surface area contributed by atoms with Crippen LogP contribution in [0, 0.1) is 0 Å². The summed E-state index contributed by atoms with van der Waals surface area (Å²) < 4.78 is 17.9. The van der Waals surface area contributed by atoms with E-state index in [1.54, 1.807) is 25.3 Å². The maximum atomic E-state index is 12.6. The van der Waals surface area contributed by atoms with Crippen LogP contribution < -0.4 is 10.5 Å². The second kappa shape index (κ2) is 5.89. The lowest BCUT2D eigenvalue weighted by molar-refractivity contribution is 0.404. The Morgan fingerprint density at radius 3 is 2.47 bits per heavy atom. The maximum Gasteiger partial charge on any atom is 0.137 e. The van der Waals surface area contributed by atoms with Crippen LogP contribution in [0.1, 0.15) is 17.7 Å². The summed E-state index contributed by atoms with van der Waals surface area (Å²) in [7, 11) is 0.379. The third-order valence-electron chi connectivity index (χ3n) is 2.99. The SMILES string of the molecule is COc1cc(N)ccc1S(=O)C(C)c1ccccc1. The second-order valence-electron chi connectivity index (χ2n) is 4.26. The maximum absolute atomic E-state index is 12.6. The quantitative estimate of drug-likeness (QED) is 0.872. The molecule has 0 fully saturated rings. The van der Waals surface area contributed by atoms with Crippen LogP contribution in [0.4, 0.5) is 5.69 Å². The van der Waals surface area contributed by atoms with Gasteiger partial charge in [-0.2, -0.15) is 0 Å². The van der Waals surface area contributed by atoms with Gasteiger partial charge in [0.05, 0.1) is 28.1 Å². The van der Waals surface area contributed by atoms with Gasteiger partial charge in [0.2, 0.25) is 0 Å². The Balaban J connectivity index is 2.34. The molecule has 0 aliphatic carbocycles. The summed E-state index contributed by atoms with van der Waals surface area (Å²) in [5.74, 6) is 0.570. The van der Waals surface area contributed by atoms with E-state index < -0.39 is 10.8 Å². The highest BCUT2D eigenvalue weighted by Gasteiger charge is 2.19. The lowest BCUT2D eigenvalue weighted by atomic mass is 10.2. The van der Waals surface area contributed by atoms with Gasteiger partial charge in [-0.25, -0.2) is 0 Å². The van der Waals surface area contributed by atoms with Crippen LogP contribution in [-0.4, -0.2) is 11.3 Å². The van der Waals surface area contributed by atoms with E-state index in [2.05, 4.69) is 0 Å². The number of nitrogens with two attached hydrogens (primary N) is 1. The van der Waals surface area contributed by atoms with Crippen LogP contribution in [0.15, 0.2) is 53.4 Å². The summed E-state index contributed by atoms with van der Waals surface area (Å²) in [4.78, 5) is 0.674. The largest absolute Gasteiger partial charge is 0.495 e. The topological polar surface area (TPSA) is 52.3 Å². The molecule has 0 amide bonds. The lowest BCUT2D eigenvalue weighted by Gasteiger charge is -2.14. The van der Waals surface area contributed by atoms with Crippen molar-refractivity contribution >= 4 is 16.5 Å². The molecule has 100 valence electrons. The van der Waals surface area contributed by atoms with Crippen molar-refractivity contribution < 1.29 is 8.95 Å². The molecule has 0 heterocycles. The fourth-order valence-corrected chi connectivity index (χ4v) is 3.22. The molecule has 2 aromatic rings. The molecule has 0 aliphatic rings. The molecule has 0 saturated carbocycles. The number of anilines is 1. The molecule has 0 saturated heterocycles. The number of ether oxygens (including phenoxy) is 1. The standard InChI is InChI=1S/C15H17NO2S/c1-11(12-6-4-3-5-7-12)19(17)15-9-8-13(16)10-14(15)18-2/h3-11H,16H2,1-2H3. The van der Waals surface area contributed by atoms with Crippen LogP contribution in [0.5, 0.6) is 5.75 Å². The molecule has 2 N–H and O–H groups in total. The first-order chi connectivity index (χ1) is 9.13. The number of hydrogen-bond donors (Lipinski definition) is 1. The van der Waals surface area contributed by atoms with Crippen LogP contribution in [0.2, 0.25) is 0 Å². The number of hydrogen-bond acceptors (Lipinski definition) is 3. The summed E-state index contributed by atoms with van der Waals surface area (Å²) in [6.07, 6.45) is 0. The Kier molecular flexibility index (Phi) is 4.22. The van der Waals surface area contributed by atoms with Gasteiger partial charge in [-0.3, -0.25) is 4.21 Å². The first kappa shape index (κ1) is 13.6. The predicted octanol–water partition coefficient (Wildman–Crippen LogP) is 3.15. The monoisotopic (exact) mass is 275 g/mol. The molecular weight excluding hydrogens is 258 g/mol. The van der Waals surface area contributed by atoms with E-state index in [1.807, 2.05) is 37.3 Å².